The highest BCUT2D eigenvalue weighted by atomic mass is 16.1. The lowest BCUT2D eigenvalue weighted by Crippen LogP contribution is -2.28. The minimum Gasteiger partial charge on any atom is -0.316 e. The van der Waals surface area contributed by atoms with Crippen molar-refractivity contribution in [2.45, 2.75) is 32.1 Å². The predicted molar refractivity (Wildman–Crippen MR) is 67.8 cm³/mol. The minimum atomic E-state index is 0.441. The van der Waals surface area contributed by atoms with Gasteiger partial charge in [0, 0.05) is 25.2 Å². The van der Waals surface area contributed by atoms with Crippen LogP contribution >= 0.6 is 0 Å². The summed E-state index contributed by atoms with van der Waals surface area (Å²) < 4.78 is 0. The molecule has 0 saturated heterocycles. The first kappa shape index (κ1) is 12.2. The Kier molecular flexibility index (Phi) is 4.68. The Balaban J connectivity index is 1.59. The van der Waals surface area contributed by atoms with Crippen LogP contribution in [-0.2, 0) is 11.2 Å². The number of Topliss-reactive ketones (excluding diaryl/α,β-unsaturated/α-hetero) is 1. The summed E-state index contributed by atoms with van der Waals surface area (Å²) in [6.45, 7) is 2.05. The van der Waals surface area contributed by atoms with E-state index in [4.69, 9.17) is 0 Å². The fraction of sp³-hybridized carbons (Fsp3) is 0.571. The fourth-order valence-corrected chi connectivity index (χ4v) is 2.29. The van der Waals surface area contributed by atoms with Gasteiger partial charge in [-0.25, -0.2) is 0 Å². The van der Waals surface area contributed by atoms with E-state index in [9.17, 15) is 4.79 Å². The first-order chi connectivity index (χ1) is 8.34. The van der Waals surface area contributed by atoms with E-state index in [1.54, 1.807) is 6.20 Å². The van der Waals surface area contributed by atoms with Gasteiger partial charge in [-0.15, -0.1) is 0 Å². The molecule has 1 aromatic rings. The summed E-state index contributed by atoms with van der Waals surface area (Å²) in [5.74, 6) is 1.14. The normalized spacial score (nSPS) is 17.3. The van der Waals surface area contributed by atoms with Gasteiger partial charge in [-0.2, -0.15) is 0 Å². The molecule has 1 saturated carbocycles. The molecule has 0 spiro atoms. The zero-order valence-electron chi connectivity index (χ0n) is 10.2. The Hall–Kier alpha value is -1.22. The molecule has 0 amide bonds. The maximum absolute atomic E-state index is 11.1. The van der Waals surface area contributed by atoms with Gasteiger partial charge in [-0.1, -0.05) is 6.07 Å². The molecule has 1 N–H and O–H groups in total. The zero-order chi connectivity index (χ0) is 11.9. The molecule has 1 aromatic heterocycles. The van der Waals surface area contributed by atoms with Gasteiger partial charge >= 0.3 is 0 Å². The molecule has 1 aliphatic carbocycles. The molecule has 0 bridgehead atoms. The Morgan fingerprint density at radius 1 is 1.35 bits per heavy atom. The molecule has 0 aromatic carbocycles. The van der Waals surface area contributed by atoms with Crippen LogP contribution in [0, 0.1) is 5.92 Å². The quantitative estimate of drug-likeness (QED) is 0.789. The Morgan fingerprint density at radius 2 is 2.18 bits per heavy atom. The lowest BCUT2D eigenvalue weighted by Gasteiger charge is -2.21. The summed E-state index contributed by atoms with van der Waals surface area (Å²) in [5.41, 5.74) is 1.28. The third-order valence-electron chi connectivity index (χ3n) is 3.41. The third kappa shape index (κ3) is 4.27. The number of carbonyl (C=O) groups is 1. The smallest absolute Gasteiger partial charge is 0.132 e. The summed E-state index contributed by atoms with van der Waals surface area (Å²) in [5, 5.41) is 3.48. The van der Waals surface area contributed by atoms with Crippen LogP contribution in [0.5, 0.6) is 0 Å². The van der Waals surface area contributed by atoms with Gasteiger partial charge in [-0.05, 0) is 49.9 Å². The van der Waals surface area contributed by atoms with E-state index in [2.05, 4.69) is 16.4 Å². The van der Waals surface area contributed by atoms with E-state index in [1.807, 2.05) is 12.3 Å². The molecule has 3 nitrogen and oxygen atoms in total. The number of pyridine rings is 1. The van der Waals surface area contributed by atoms with Gasteiger partial charge in [0.2, 0.25) is 0 Å². The number of nitrogens with one attached hydrogen (secondary N) is 1. The van der Waals surface area contributed by atoms with Crippen molar-refractivity contribution in [2.24, 2.45) is 5.92 Å². The fourth-order valence-electron chi connectivity index (χ4n) is 2.29. The van der Waals surface area contributed by atoms with E-state index >= 15 is 0 Å². The highest BCUT2D eigenvalue weighted by Crippen LogP contribution is 2.20. The molecule has 0 unspecified atom stereocenters. The molecular formula is C14H20N2O. The molecule has 1 aliphatic rings. The lowest BCUT2D eigenvalue weighted by molar-refractivity contribution is -0.120. The van der Waals surface area contributed by atoms with Crippen LogP contribution < -0.4 is 5.32 Å². The molecule has 0 atom stereocenters. The van der Waals surface area contributed by atoms with Crippen molar-refractivity contribution in [1.29, 1.82) is 0 Å². The van der Waals surface area contributed by atoms with Crippen molar-refractivity contribution in [3.05, 3.63) is 30.1 Å². The van der Waals surface area contributed by atoms with Crippen molar-refractivity contribution in [2.75, 3.05) is 13.1 Å². The second kappa shape index (κ2) is 6.50. The Bertz CT molecular complexity index is 340. The van der Waals surface area contributed by atoms with Crippen LogP contribution in [-0.4, -0.2) is 23.9 Å². The van der Waals surface area contributed by atoms with Gasteiger partial charge in [0.1, 0.15) is 5.78 Å². The summed E-state index contributed by atoms with van der Waals surface area (Å²) in [6, 6.07) is 4.08. The topological polar surface area (TPSA) is 42.0 Å². The molecule has 3 heteroatoms. The van der Waals surface area contributed by atoms with Crippen LogP contribution in [0.4, 0.5) is 0 Å². The standard InChI is InChI=1S/C14H20N2O/c17-14-5-3-13(4-6-14)11-16-9-7-12-2-1-8-15-10-12/h1-2,8,10,13,16H,3-7,9,11H2. The van der Waals surface area contributed by atoms with Gasteiger partial charge in [0.15, 0.2) is 0 Å². The number of aromatic nitrogens is 1. The Morgan fingerprint density at radius 3 is 2.88 bits per heavy atom. The monoisotopic (exact) mass is 232 g/mol. The van der Waals surface area contributed by atoms with Crippen molar-refractivity contribution < 1.29 is 4.79 Å². The maximum atomic E-state index is 11.1. The van der Waals surface area contributed by atoms with Crippen LogP contribution in [0.1, 0.15) is 31.2 Å². The van der Waals surface area contributed by atoms with Crippen LogP contribution in [0.15, 0.2) is 24.5 Å². The number of ketones is 1. The molecule has 92 valence electrons. The number of hydrogen-bond acceptors (Lipinski definition) is 3. The third-order valence-corrected chi connectivity index (χ3v) is 3.41. The predicted octanol–water partition coefficient (Wildman–Crippen LogP) is 1.97. The van der Waals surface area contributed by atoms with Crippen LogP contribution in [0.3, 0.4) is 0 Å². The van der Waals surface area contributed by atoms with Gasteiger partial charge in [-0.3, -0.25) is 9.78 Å². The van der Waals surface area contributed by atoms with E-state index in [0.717, 1.165) is 45.2 Å². The van der Waals surface area contributed by atoms with E-state index < -0.39 is 0 Å². The van der Waals surface area contributed by atoms with Gasteiger partial charge in [0.05, 0.1) is 0 Å². The van der Waals surface area contributed by atoms with Crippen molar-refractivity contribution >= 4 is 5.78 Å². The second-order valence-corrected chi connectivity index (χ2v) is 4.80. The number of nitrogens with zero attached hydrogens (tertiary/aromatic N) is 1. The summed E-state index contributed by atoms with van der Waals surface area (Å²) in [6.07, 6.45) is 8.46. The zero-order valence-corrected chi connectivity index (χ0v) is 10.2. The first-order valence-electron chi connectivity index (χ1n) is 6.46. The van der Waals surface area contributed by atoms with Gasteiger partial charge < -0.3 is 5.32 Å². The van der Waals surface area contributed by atoms with Crippen molar-refractivity contribution in [1.82, 2.24) is 10.3 Å². The average molecular weight is 232 g/mol. The molecule has 17 heavy (non-hydrogen) atoms. The highest BCUT2D eigenvalue weighted by Gasteiger charge is 2.17. The molecule has 2 rings (SSSR count). The summed E-state index contributed by atoms with van der Waals surface area (Å²) >= 11 is 0. The largest absolute Gasteiger partial charge is 0.316 e. The van der Waals surface area contributed by atoms with Crippen LogP contribution in [0.2, 0.25) is 0 Å². The van der Waals surface area contributed by atoms with E-state index in [-0.39, 0.29) is 0 Å². The molecular weight excluding hydrogens is 212 g/mol. The van der Waals surface area contributed by atoms with E-state index in [1.165, 1.54) is 5.56 Å². The molecule has 0 aliphatic heterocycles. The summed E-state index contributed by atoms with van der Waals surface area (Å²) in [7, 11) is 0. The second-order valence-electron chi connectivity index (χ2n) is 4.80. The summed E-state index contributed by atoms with van der Waals surface area (Å²) in [4.78, 5) is 15.2. The van der Waals surface area contributed by atoms with Crippen molar-refractivity contribution in [3.63, 3.8) is 0 Å². The van der Waals surface area contributed by atoms with Gasteiger partial charge in [0.25, 0.3) is 0 Å². The van der Waals surface area contributed by atoms with Crippen molar-refractivity contribution in [3.8, 4) is 0 Å². The number of carbonyl (C=O) groups excluding carboxylic acids is 1. The first-order valence-corrected chi connectivity index (χ1v) is 6.46. The molecule has 0 radical (unpaired) electrons. The number of hydrogen-bond donors (Lipinski definition) is 1. The molecule has 1 heterocycles. The average Bonchev–Trinajstić information content (AvgIpc) is 2.38. The van der Waals surface area contributed by atoms with E-state index in [0.29, 0.717) is 11.7 Å². The Labute approximate surface area is 103 Å². The highest BCUT2D eigenvalue weighted by molar-refractivity contribution is 5.79. The SMILES string of the molecule is O=C1CCC(CNCCc2cccnc2)CC1. The van der Waals surface area contributed by atoms with Crippen LogP contribution in [0.25, 0.3) is 0 Å². The lowest BCUT2D eigenvalue weighted by atomic mass is 9.88. The minimum absolute atomic E-state index is 0.441. The maximum Gasteiger partial charge on any atom is 0.132 e. The molecule has 1 fully saturated rings. The number of rotatable bonds is 5.